The van der Waals surface area contributed by atoms with Crippen molar-refractivity contribution in [3.63, 3.8) is 0 Å². The van der Waals surface area contributed by atoms with Crippen molar-refractivity contribution in [3.8, 4) is 0 Å². The SMILES string of the molecule is CNC(c1cccnc1N)C1Cc2ccccc21. The smallest absolute Gasteiger partial charge is 0.128 e. The third-order valence-electron chi connectivity index (χ3n) is 3.81. The Morgan fingerprint density at radius 1 is 1.28 bits per heavy atom. The summed E-state index contributed by atoms with van der Waals surface area (Å²) in [6.07, 6.45) is 2.84. The van der Waals surface area contributed by atoms with Gasteiger partial charge in [-0.25, -0.2) is 4.98 Å². The lowest BCUT2D eigenvalue weighted by atomic mass is 9.72. The molecule has 2 atom stereocenters. The molecule has 1 heterocycles. The molecule has 0 aliphatic heterocycles. The van der Waals surface area contributed by atoms with Crippen molar-refractivity contribution in [1.29, 1.82) is 0 Å². The van der Waals surface area contributed by atoms with E-state index in [4.69, 9.17) is 5.73 Å². The molecule has 2 unspecified atom stereocenters. The molecular formula is C15H17N3. The van der Waals surface area contributed by atoms with Gasteiger partial charge in [0.05, 0.1) is 0 Å². The van der Waals surface area contributed by atoms with Crippen LogP contribution in [0.4, 0.5) is 5.82 Å². The normalized spacial score (nSPS) is 18.8. The van der Waals surface area contributed by atoms with E-state index in [1.54, 1.807) is 6.20 Å². The molecular weight excluding hydrogens is 222 g/mol. The Labute approximate surface area is 107 Å². The maximum absolute atomic E-state index is 5.98. The first-order valence-corrected chi connectivity index (χ1v) is 6.26. The van der Waals surface area contributed by atoms with Crippen molar-refractivity contribution < 1.29 is 0 Å². The summed E-state index contributed by atoms with van der Waals surface area (Å²) in [5.41, 5.74) is 9.96. The van der Waals surface area contributed by atoms with E-state index in [0.717, 1.165) is 12.0 Å². The Morgan fingerprint density at radius 3 is 2.83 bits per heavy atom. The van der Waals surface area contributed by atoms with Crippen LogP contribution in [0.1, 0.15) is 28.7 Å². The van der Waals surface area contributed by atoms with Gasteiger partial charge >= 0.3 is 0 Å². The highest BCUT2D eigenvalue weighted by Gasteiger charge is 2.33. The molecule has 3 nitrogen and oxygen atoms in total. The summed E-state index contributed by atoms with van der Waals surface area (Å²) >= 11 is 0. The number of fused-ring (bicyclic) bond motifs is 1. The minimum absolute atomic E-state index is 0.244. The van der Waals surface area contributed by atoms with Crippen LogP contribution < -0.4 is 11.1 Å². The lowest BCUT2D eigenvalue weighted by molar-refractivity contribution is 0.439. The maximum atomic E-state index is 5.98. The largest absolute Gasteiger partial charge is 0.383 e. The quantitative estimate of drug-likeness (QED) is 0.864. The zero-order valence-electron chi connectivity index (χ0n) is 10.4. The van der Waals surface area contributed by atoms with E-state index in [1.165, 1.54) is 11.1 Å². The van der Waals surface area contributed by atoms with Gasteiger partial charge in [-0.2, -0.15) is 0 Å². The zero-order valence-corrected chi connectivity index (χ0v) is 10.4. The molecule has 3 heteroatoms. The molecule has 0 fully saturated rings. The molecule has 1 aromatic carbocycles. The van der Waals surface area contributed by atoms with E-state index in [0.29, 0.717) is 11.7 Å². The molecule has 0 amide bonds. The highest BCUT2D eigenvalue weighted by atomic mass is 14.9. The van der Waals surface area contributed by atoms with Gasteiger partial charge in [0.25, 0.3) is 0 Å². The Hall–Kier alpha value is -1.87. The van der Waals surface area contributed by atoms with Crippen LogP contribution in [0.3, 0.4) is 0 Å². The van der Waals surface area contributed by atoms with Crippen molar-refractivity contribution >= 4 is 5.82 Å². The van der Waals surface area contributed by atoms with Gasteiger partial charge in [0.15, 0.2) is 0 Å². The molecule has 3 N–H and O–H groups in total. The Morgan fingerprint density at radius 2 is 2.11 bits per heavy atom. The molecule has 0 saturated carbocycles. The predicted molar refractivity (Wildman–Crippen MR) is 73.3 cm³/mol. The van der Waals surface area contributed by atoms with Crippen LogP contribution in [0.2, 0.25) is 0 Å². The third-order valence-corrected chi connectivity index (χ3v) is 3.81. The first-order chi connectivity index (χ1) is 8.81. The number of nitrogens with one attached hydrogen (secondary N) is 1. The number of benzene rings is 1. The molecule has 1 aromatic heterocycles. The second-order valence-electron chi connectivity index (χ2n) is 4.75. The Balaban J connectivity index is 1.95. The van der Waals surface area contributed by atoms with Gasteiger partial charge in [0.2, 0.25) is 0 Å². The van der Waals surface area contributed by atoms with Crippen LogP contribution in [0.25, 0.3) is 0 Å². The molecule has 0 bridgehead atoms. The number of aromatic nitrogens is 1. The van der Waals surface area contributed by atoms with Gasteiger partial charge in [-0.1, -0.05) is 30.3 Å². The van der Waals surface area contributed by atoms with Gasteiger partial charge in [-0.3, -0.25) is 0 Å². The number of pyridine rings is 1. The number of anilines is 1. The average molecular weight is 239 g/mol. The fraction of sp³-hybridized carbons (Fsp3) is 0.267. The molecule has 2 aromatic rings. The predicted octanol–water partition coefficient (Wildman–Crippen LogP) is 2.26. The average Bonchev–Trinajstić information content (AvgIpc) is 2.37. The summed E-state index contributed by atoms with van der Waals surface area (Å²) in [5, 5.41) is 3.38. The van der Waals surface area contributed by atoms with Crippen LogP contribution in [-0.2, 0) is 6.42 Å². The van der Waals surface area contributed by atoms with Gasteiger partial charge in [-0.05, 0) is 30.7 Å². The number of hydrogen-bond acceptors (Lipinski definition) is 3. The van der Waals surface area contributed by atoms with Crippen molar-refractivity contribution in [2.75, 3.05) is 12.8 Å². The molecule has 1 aliphatic carbocycles. The lowest BCUT2D eigenvalue weighted by Crippen LogP contribution is -2.32. The first-order valence-electron chi connectivity index (χ1n) is 6.26. The van der Waals surface area contributed by atoms with E-state index >= 15 is 0 Å². The number of nitrogen functional groups attached to an aromatic ring is 1. The van der Waals surface area contributed by atoms with Crippen molar-refractivity contribution in [2.45, 2.75) is 18.4 Å². The lowest BCUT2D eigenvalue weighted by Gasteiger charge is -2.37. The highest BCUT2D eigenvalue weighted by molar-refractivity contribution is 5.48. The van der Waals surface area contributed by atoms with Crippen LogP contribution >= 0.6 is 0 Å². The highest BCUT2D eigenvalue weighted by Crippen LogP contribution is 2.43. The topological polar surface area (TPSA) is 50.9 Å². The summed E-state index contributed by atoms with van der Waals surface area (Å²) in [5.74, 6) is 1.12. The number of nitrogens with two attached hydrogens (primary N) is 1. The molecule has 3 rings (SSSR count). The van der Waals surface area contributed by atoms with Crippen LogP contribution in [0.15, 0.2) is 42.6 Å². The maximum Gasteiger partial charge on any atom is 0.128 e. The van der Waals surface area contributed by atoms with Crippen LogP contribution in [-0.4, -0.2) is 12.0 Å². The minimum atomic E-state index is 0.244. The fourth-order valence-corrected chi connectivity index (χ4v) is 2.86. The van der Waals surface area contributed by atoms with E-state index in [2.05, 4.69) is 40.6 Å². The Kier molecular flexibility index (Phi) is 2.76. The fourth-order valence-electron chi connectivity index (χ4n) is 2.86. The second kappa shape index (κ2) is 4.42. The molecule has 0 spiro atoms. The van der Waals surface area contributed by atoms with Crippen molar-refractivity contribution in [3.05, 3.63) is 59.3 Å². The van der Waals surface area contributed by atoms with E-state index < -0.39 is 0 Å². The summed E-state index contributed by atoms with van der Waals surface area (Å²) in [6, 6.07) is 12.9. The third kappa shape index (κ3) is 1.68. The van der Waals surface area contributed by atoms with Crippen molar-refractivity contribution in [2.24, 2.45) is 0 Å². The summed E-state index contributed by atoms with van der Waals surface area (Å²) in [7, 11) is 1.98. The van der Waals surface area contributed by atoms with Crippen molar-refractivity contribution in [1.82, 2.24) is 10.3 Å². The first kappa shape index (κ1) is 11.2. The standard InChI is InChI=1S/C15H17N3/c1-17-14(12-7-4-8-18-15(12)16)13-9-10-5-2-3-6-11(10)13/h2-8,13-14,17H,9H2,1H3,(H2,16,18). The van der Waals surface area contributed by atoms with E-state index in [1.807, 2.05) is 13.1 Å². The van der Waals surface area contributed by atoms with Gasteiger partial charge in [-0.15, -0.1) is 0 Å². The Bertz CT molecular complexity index is 565. The number of likely N-dealkylation sites (N-methyl/N-ethyl adjacent to an activating group) is 1. The monoisotopic (exact) mass is 239 g/mol. The zero-order chi connectivity index (χ0) is 12.5. The van der Waals surface area contributed by atoms with Gasteiger partial charge in [0.1, 0.15) is 5.82 Å². The molecule has 0 radical (unpaired) electrons. The van der Waals surface area contributed by atoms with Crippen LogP contribution in [0.5, 0.6) is 0 Å². The van der Waals surface area contributed by atoms with Crippen LogP contribution in [0, 0.1) is 0 Å². The van der Waals surface area contributed by atoms with Gasteiger partial charge in [0, 0.05) is 23.7 Å². The molecule has 18 heavy (non-hydrogen) atoms. The summed E-state index contributed by atoms with van der Waals surface area (Å²) < 4.78 is 0. The number of rotatable bonds is 3. The van der Waals surface area contributed by atoms with E-state index in [-0.39, 0.29) is 6.04 Å². The second-order valence-corrected chi connectivity index (χ2v) is 4.75. The molecule has 1 aliphatic rings. The minimum Gasteiger partial charge on any atom is -0.383 e. The summed E-state index contributed by atoms with van der Waals surface area (Å²) in [4.78, 5) is 4.18. The number of nitrogens with zero attached hydrogens (tertiary/aromatic N) is 1. The van der Waals surface area contributed by atoms with E-state index in [9.17, 15) is 0 Å². The number of hydrogen-bond donors (Lipinski definition) is 2. The molecule has 92 valence electrons. The van der Waals surface area contributed by atoms with Gasteiger partial charge < -0.3 is 11.1 Å². The summed E-state index contributed by atoms with van der Waals surface area (Å²) in [6.45, 7) is 0. The molecule has 0 saturated heterocycles.